The molecule has 2 rings (SSSR count). The van der Waals surface area contributed by atoms with Crippen molar-refractivity contribution >= 4 is 11.0 Å². The molecule has 2 aromatic rings. The molecule has 0 aliphatic rings. The molecule has 1 N–H and O–H groups in total. The molecule has 0 bridgehead atoms. The van der Waals surface area contributed by atoms with Crippen LogP contribution < -0.4 is 0 Å². The third-order valence-corrected chi connectivity index (χ3v) is 1.80. The number of hydrogen-bond donors (Lipinski definition) is 1. The van der Waals surface area contributed by atoms with E-state index in [4.69, 9.17) is 0 Å². The Morgan fingerprint density at radius 1 is 1.40 bits per heavy atom. The molecule has 2 nitrogen and oxygen atoms in total. The minimum atomic E-state index is 1.23. The lowest BCUT2D eigenvalue weighted by molar-refractivity contribution is 0.761. The van der Waals surface area contributed by atoms with E-state index in [1.54, 1.807) is 0 Å². The Balaban J connectivity index is 2.75. The predicted octanol–water partition coefficient (Wildman–Crippen LogP) is 1.81. The average Bonchev–Trinajstić information content (AvgIpc) is 1.92. The molecule has 0 fully saturated rings. The third-order valence-electron chi connectivity index (χ3n) is 1.80. The molecule has 0 aliphatic carbocycles. The van der Waals surface area contributed by atoms with Crippen LogP contribution in [0.15, 0.2) is 18.2 Å². The molecule has 0 saturated carbocycles. The molecule has 10 heavy (non-hydrogen) atoms. The minimum Gasteiger partial charge on any atom is -0.296 e. The van der Waals surface area contributed by atoms with Crippen molar-refractivity contribution in [3.8, 4) is 0 Å². The first kappa shape index (κ1) is 5.59. The Kier molecular flexibility index (Phi) is 0.926. The topological polar surface area (TPSA) is 20.7 Å². The second kappa shape index (κ2) is 1.66. The summed E-state index contributed by atoms with van der Waals surface area (Å²) in [7, 11) is 2.02. The molecule has 52 valence electrons. The van der Waals surface area contributed by atoms with Gasteiger partial charge in [0, 0.05) is 7.05 Å². The zero-order valence-electron chi connectivity index (χ0n) is 6.18. The molecule has 1 heterocycles. The number of fused-ring (bicyclic) bond motifs is 1. The SMILES string of the molecule is Cc1ccc2[nH]n(C)c2c1. The van der Waals surface area contributed by atoms with Crippen molar-refractivity contribution in [2.45, 2.75) is 6.92 Å². The second-order valence-electron chi connectivity index (χ2n) is 2.69. The molecule has 1 aromatic heterocycles. The molecule has 0 spiro atoms. The van der Waals surface area contributed by atoms with Gasteiger partial charge in [-0.1, -0.05) is 6.07 Å². The predicted molar refractivity (Wildman–Crippen MR) is 42.0 cm³/mol. The summed E-state index contributed by atoms with van der Waals surface area (Å²) in [4.78, 5) is 0. The van der Waals surface area contributed by atoms with E-state index in [9.17, 15) is 0 Å². The van der Waals surface area contributed by atoms with Crippen LogP contribution in [-0.2, 0) is 7.05 Å². The highest BCUT2D eigenvalue weighted by molar-refractivity contribution is 5.77. The summed E-state index contributed by atoms with van der Waals surface area (Å²) < 4.78 is 2.02. The summed E-state index contributed by atoms with van der Waals surface area (Å²) in [5.74, 6) is 0. The van der Waals surface area contributed by atoms with Crippen LogP contribution in [0.1, 0.15) is 5.56 Å². The van der Waals surface area contributed by atoms with Gasteiger partial charge in [0.15, 0.2) is 0 Å². The molecule has 0 atom stereocenters. The minimum absolute atomic E-state index is 1.23. The first-order valence-electron chi connectivity index (χ1n) is 3.38. The van der Waals surface area contributed by atoms with Gasteiger partial charge in [-0.15, -0.1) is 0 Å². The van der Waals surface area contributed by atoms with Crippen LogP contribution >= 0.6 is 0 Å². The van der Waals surface area contributed by atoms with Crippen LogP contribution in [0.25, 0.3) is 11.0 Å². The van der Waals surface area contributed by atoms with Crippen LogP contribution in [0.3, 0.4) is 0 Å². The number of aromatic nitrogens is 2. The Hall–Kier alpha value is -1.18. The van der Waals surface area contributed by atoms with E-state index in [-0.39, 0.29) is 0 Å². The molecule has 0 amide bonds. The first-order chi connectivity index (χ1) is 4.77. The molecular formula is C8H10N2. The number of aryl methyl sites for hydroxylation is 2. The summed E-state index contributed by atoms with van der Waals surface area (Å²) in [6, 6.07) is 6.38. The zero-order valence-corrected chi connectivity index (χ0v) is 6.18. The van der Waals surface area contributed by atoms with Crippen molar-refractivity contribution in [1.82, 2.24) is 9.78 Å². The van der Waals surface area contributed by atoms with Gasteiger partial charge in [0.1, 0.15) is 0 Å². The van der Waals surface area contributed by atoms with Gasteiger partial charge in [-0.3, -0.25) is 9.78 Å². The molecule has 0 saturated heterocycles. The lowest BCUT2D eigenvalue weighted by Gasteiger charge is -2.11. The van der Waals surface area contributed by atoms with Crippen LogP contribution in [0.4, 0.5) is 0 Å². The molecule has 2 heteroatoms. The summed E-state index contributed by atoms with van der Waals surface area (Å²) >= 11 is 0. The summed E-state index contributed by atoms with van der Waals surface area (Å²) in [5, 5.41) is 3.15. The fourth-order valence-corrected chi connectivity index (χ4v) is 1.20. The van der Waals surface area contributed by atoms with Gasteiger partial charge in [0.25, 0.3) is 0 Å². The van der Waals surface area contributed by atoms with Crippen LogP contribution in [0.2, 0.25) is 0 Å². The smallest absolute Gasteiger partial charge is 0.0820 e. The molecular weight excluding hydrogens is 124 g/mol. The van der Waals surface area contributed by atoms with Crippen LogP contribution in [0, 0.1) is 6.92 Å². The monoisotopic (exact) mass is 134 g/mol. The highest BCUT2D eigenvalue weighted by atomic mass is 15.3. The van der Waals surface area contributed by atoms with Crippen molar-refractivity contribution < 1.29 is 0 Å². The van der Waals surface area contributed by atoms with E-state index in [1.165, 1.54) is 16.6 Å². The summed E-state index contributed by atoms with van der Waals surface area (Å²) in [5.41, 5.74) is 3.83. The lowest BCUT2D eigenvalue weighted by atomic mass is 10.2. The Morgan fingerprint density at radius 2 is 2.20 bits per heavy atom. The van der Waals surface area contributed by atoms with Gasteiger partial charge < -0.3 is 0 Å². The maximum absolute atomic E-state index is 3.15. The molecule has 1 aromatic carbocycles. The van der Waals surface area contributed by atoms with E-state index < -0.39 is 0 Å². The van der Waals surface area contributed by atoms with E-state index in [0.717, 1.165) is 0 Å². The van der Waals surface area contributed by atoms with Gasteiger partial charge in [0.2, 0.25) is 0 Å². The number of nitrogens with zero attached hydrogens (tertiary/aromatic N) is 1. The van der Waals surface area contributed by atoms with Gasteiger partial charge in [0.05, 0.1) is 11.0 Å². The number of nitrogens with one attached hydrogen (secondary N) is 1. The standard InChI is InChI=1S/C8H10N2/c1-6-3-4-7-8(5-6)10(2)9-7/h3-5,9H,1-2H3. The highest BCUT2D eigenvalue weighted by Crippen LogP contribution is 2.14. The Bertz CT molecular complexity index is 350. The van der Waals surface area contributed by atoms with Crippen LogP contribution in [0.5, 0.6) is 0 Å². The maximum Gasteiger partial charge on any atom is 0.0820 e. The molecule has 0 aliphatic heterocycles. The fourth-order valence-electron chi connectivity index (χ4n) is 1.20. The Morgan fingerprint density at radius 3 is 2.80 bits per heavy atom. The number of aromatic amines is 1. The zero-order chi connectivity index (χ0) is 7.14. The summed E-state index contributed by atoms with van der Waals surface area (Å²) in [6.07, 6.45) is 0. The summed E-state index contributed by atoms with van der Waals surface area (Å²) in [6.45, 7) is 2.10. The van der Waals surface area contributed by atoms with Crippen LogP contribution in [-0.4, -0.2) is 9.78 Å². The van der Waals surface area contributed by atoms with E-state index in [2.05, 4.69) is 30.2 Å². The second-order valence-corrected chi connectivity index (χ2v) is 2.69. The lowest BCUT2D eigenvalue weighted by Crippen LogP contribution is -2.04. The van der Waals surface area contributed by atoms with E-state index >= 15 is 0 Å². The van der Waals surface area contributed by atoms with Crippen molar-refractivity contribution in [3.63, 3.8) is 0 Å². The van der Waals surface area contributed by atoms with Gasteiger partial charge in [-0.05, 0) is 24.6 Å². The third kappa shape index (κ3) is 0.588. The number of rotatable bonds is 0. The van der Waals surface area contributed by atoms with Gasteiger partial charge in [-0.25, -0.2) is 0 Å². The van der Waals surface area contributed by atoms with Crippen molar-refractivity contribution in [2.75, 3.05) is 0 Å². The van der Waals surface area contributed by atoms with E-state index in [1.807, 2.05) is 11.7 Å². The van der Waals surface area contributed by atoms with Crippen molar-refractivity contribution in [2.24, 2.45) is 7.05 Å². The first-order valence-corrected chi connectivity index (χ1v) is 3.38. The van der Waals surface area contributed by atoms with Gasteiger partial charge in [-0.2, -0.15) is 0 Å². The van der Waals surface area contributed by atoms with E-state index in [0.29, 0.717) is 0 Å². The van der Waals surface area contributed by atoms with Gasteiger partial charge >= 0.3 is 0 Å². The fraction of sp³-hybridized carbons (Fsp3) is 0.250. The quantitative estimate of drug-likeness (QED) is 0.567. The average molecular weight is 134 g/mol. The number of H-pyrrole nitrogens is 1. The maximum atomic E-state index is 3.15. The van der Waals surface area contributed by atoms with Crippen molar-refractivity contribution in [3.05, 3.63) is 23.8 Å². The number of hydrogen-bond acceptors (Lipinski definition) is 0. The van der Waals surface area contributed by atoms with Crippen molar-refractivity contribution in [1.29, 1.82) is 0 Å². The normalized spacial score (nSPS) is 11.0. The largest absolute Gasteiger partial charge is 0.296 e. The Labute approximate surface area is 59.4 Å². The molecule has 0 unspecified atom stereocenters. The number of benzene rings is 1. The highest BCUT2D eigenvalue weighted by Gasteiger charge is 1.98. The molecule has 0 radical (unpaired) electrons.